The van der Waals surface area contributed by atoms with Crippen molar-refractivity contribution < 1.29 is 33.8 Å². The lowest BCUT2D eigenvalue weighted by atomic mass is 9.86. The fraction of sp³-hybridized carbons (Fsp3) is 0.444. The minimum Gasteiger partial charge on any atom is -0.497 e. The van der Waals surface area contributed by atoms with Gasteiger partial charge in [-0.25, -0.2) is 14.6 Å². The number of rotatable bonds is 18. The minimum atomic E-state index is -1.21. The monoisotopic (exact) mass is 809 g/mol. The number of methoxy groups -OCH3 is 2. The molecule has 2 heterocycles. The van der Waals surface area contributed by atoms with Gasteiger partial charge in [-0.15, -0.1) is 0 Å². The van der Waals surface area contributed by atoms with Crippen LogP contribution in [-0.2, 0) is 33.8 Å². The molecule has 0 saturated carbocycles. The molecule has 3 aromatic carbocycles. The number of para-hydroxylation sites is 1. The SMILES string of the molecule is CC[C@H](C)[C@@H](C(=O)N[C@@H](Cc1ccccc1)[C@@H](O)CN(Cc1ccc(OC)cc1)NC(=O)[C@@H](NC(=O)OC)C(C)(C)C)N1CCN(Cc2cnc3ccccc3c2)C1=O. The van der Waals surface area contributed by atoms with E-state index < -0.39 is 41.6 Å². The summed E-state index contributed by atoms with van der Waals surface area (Å²) in [6.45, 7) is 10.6. The summed E-state index contributed by atoms with van der Waals surface area (Å²) in [6.07, 6.45) is 0.733. The Balaban J connectivity index is 1.39. The van der Waals surface area contributed by atoms with Gasteiger partial charge in [-0.05, 0) is 58.7 Å². The molecule has 5 amide bonds. The van der Waals surface area contributed by atoms with E-state index in [9.17, 15) is 24.3 Å². The molecule has 1 aliphatic heterocycles. The van der Waals surface area contributed by atoms with Crippen molar-refractivity contribution in [1.29, 1.82) is 0 Å². The summed E-state index contributed by atoms with van der Waals surface area (Å²) in [4.78, 5) is 62.7. The molecule has 0 radical (unpaired) electrons. The van der Waals surface area contributed by atoms with Crippen LogP contribution < -0.4 is 20.8 Å². The highest BCUT2D eigenvalue weighted by molar-refractivity contribution is 5.89. The van der Waals surface area contributed by atoms with Gasteiger partial charge >= 0.3 is 12.1 Å². The van der Waals surface area contributed by atoms with Gasteiger partial charge in [0.2, 0.25) is 5.91 Å². The lowest BCUT2D eigenvalue weighted by Crippen LogP contribution is -2.60. The molecule has 316 valence electrons. The first-order valence-corrected chi connectivity index (χ1v) is 20.1. The zero-order valence-electron chi connectivity index (χ0n) is 35.2. The fourth-order valence-corrected chi connectivity index (χ4v) is 7.31. The Morgan fingerprint density at radius 1 is 0.898 bits per heavy atom. The summed E-state index contributed by atoms with van der Waals surface area (Å²) in [5.74, 6) is -0.423. The number of fused-ring (bicyclic) bond motifs is 1. The number of aliphatic hydroxyl groups is 1. The van der Waals surface area contributed by atoms with Gasteiger partial charge in [0.25, 0.3) is 5.91 Å². The predicted molar refractivity (Wildman–Crippen MR) is 226 cm³/mol. The average molecular weight is 810 g/mol. The van der Waals surface area contributed by atoms with Crippen molar-refractivity contribution in [1.82, 2.24) is 35.9 Å². The van der Waals surface area contributed by atoms with E-state index in [1.807, 2.05) is 107 Å². The molecule has 5 rings (SSSR count). The third-order valence-electron chi connectivity index (χ3n) is 10.8. The van der Waals surface area contributed by atoms with E-state index in [0.29, 0.717) is 31.8 Å². The van der Waals surface area contributed by atoms with Crippen LogP contribution in [0.4, 0.5) is 9.59 Å². The average Bonchev–Trinajstić information content (AvgIpc) is 3.57. The molecule has 0 aliphatic carbocycles. The highest BCUT2D eigenvalue weighted by Crippen LogP contribution is 2.25. The van der Waals surface area contributed by atoms with Gasteiger partial charge in [0, 0.05) is 44.3 Å². The highest BCUT2D eigenvalue weighted by atomic mass is 16.5. The Bertz CT molecular complexity index is 2020. The maximum absolute atomic E-state index is 14.5. The normalized spacial score (nSPS) is 15.6. The minimum absolute atomic E-state index is 0.102. The third kappa shape index (κ3) is 11.9. The van der Waals surface area contributed by atoms with Gasteiger partial charge in [-0.1, -0.05) is 102 Å². The van der Waals surface area contributed by atoms with E-state index >= 15 is 0 Å². The van der Waals surface area contributed by atoms with Crippen molar-refractivity contribution in [2.45, 2.75) is 84.8 Å². The first-order chi connectivity index (χ1) is 28.2. The largest absolute Gasteiger partial charge is 0.497 e. The maximum atomic E-state index is 14.5. The second-order valence-electron chi connectivity index (χ2n) is 16.3. The molecule has 59 heavy (non-hydrogen) atoms. The fourth-order valence-electron chi connectivity index (χ4n) is 7.31. The van der Waals surface area contributed by atoms with E-state index in [1.165, 1.54) is 7.11 Å². The molecule has 5 atom stereocenters. The maximum Gasteiger partial charge on any atom is 0.407 e. The molecular weight excluding hydrogens is 751 g/mol. The van der Waals surface area contributed by atoms with Crippen molar-refractivity contribution in [2.24, 2.45) is 11.3 Å². The van der Waals surface area contributed by atoms with E-state index in [4.69, 9.17) is 9.47 Å². The van der Waals surface area contributed by atoms with E-state index in [2.05, 4.69) is 21.0 Å². The molecule has 0 spiro atoms. The quantitative estimate of drug-likeness (QED) is 0.0979. The number of aliphatic hydroxyl groups excluding tert-OH is 1. The number of alkyl carbamates (subject to hydrolysis) is 1. The number of carbonyl (C=O) groups excluding carboxylic acids is 4. The molecular formula is C45H59N7O7. The summed E-state index contributed by atoms with van der Waals surface area (Å²) in [6, 6.07) is 23.8. The lowest BCUT2D eigenvalue weighted by Gasteiger charge is -2.36. The molecule has 1 saturated heterocycles. The van der Waals surface area contributed by atoms with Crippen molar-refractivity contribution in [2.75, 3.05) is 33.9 Å². The smallest absolute Gasteiger partial charge is 0.407 e. The van der Waals surface area contributed by atoms with Crippen LogP contribution in [-0.4, -0.2) is 107 Å². The number of nitrogens with one attached hydrogen (secondary N) is 3. The number of pyridine rings is 1. The lowest BCUT2D eigenvalue weighted by molar-refractivity contribution is -0.132. The molecule has 1 aliphatic rings. The van der Waals surface area contributed by atoms with E-state index in [0.717, 1.165) is 27.6 Å². The van der Waals surface area contributed by atoms with Crippen LogP contribution in [0.3, 0.4) is 0 Å². The summed E-state index contributed by atoms with van der Waals surface area (Å²) >= 11 is 0. The second-order valence-corrected chi connectivity index (χ2v) is 16.3. The van der Waals surface area contributed by atoms with Crippen molar-refractivity contribution >= 4 is 34.8 Å². The third-order valence-corrected chi connectivity index (χ3v) is 10.8. The van der Waals surface area contributed by atoms with Gasteiger partial charge in [0.1, 0.15) is 17.8 Å². The Morgan fingerprint density at radius 3 is 2.25 bits per heavy atom. The van der Waals surface area contributed by atoms with E-state index in [1.54, 1.807) is 40.2 Å². The summed E-state index contributed by atoms with van der Waals surface area (Å²) in [7, 11) is 2.80. The number of nitrogens with zero attached hydrogens (tertiary/aromatic N) is 4. The highest BCUT2D eigenvalue weighted by Gasteiger charge is 2.41. The number of aromatic nitrogens is 1. The number of amides is 5. The summed E-state index contributed by atoms with van der Waals surface area (Å²) in [5, 5.41) is 20.4. The zero-order chi connectivity index (χ0) is 42.7. The van der Waals surface area contributed by atoms with Gasteiger partial charge in [0.05, 0.1) is 31.9 Å². The first-order valence-electron chi connectivity index (χ1n) is 20.1. The van der Waals surface area contributed by atoms with Crippen molar-refractivity contribution in [3.05, 3.63) is 108 Å². The van der Waals surface area contributed by atoms with Crippen LogP contribution in [0.5, 0.6) is 5.75 Å². The molecule has 1 fully saturated rings. The van der Waals surface area contributed by atoms with Gasteiger partial charge in [-0.3, -0.25) is 20.0 Å². The number of urea groups is 1. The molecule has 0 bridgehead atoms. The van der Waals surface area contributed by atoms with Gasteiger partial charge in [0.15, 0.2) is 0 Å². The zero-order valence-corrected chi connectivity index (χ0v) is 35.2. The van der Waals surface area contributed by atoms with Gasteiger partial charge < -0.3 is 35.0 Å². The number of hydrogen-bond donors (Lipinski definition) is 4. The topological polar surface area (TPSA) is 166 Å². The first kappa shape index (κ1) is 44.4. The van der Waals surface area contributed by atoms with Crippen LogP contribution in [0.1, 0.15) is 57.7 Å². The number of carbonyl (C=O) groups is 4. The Labute approximate surface area is 347 Å². The number of hydrazine groups is 1. The Kier molecular flexibility index (Phi) is 15.3. The molecule has 14 nitrogen and oxygen atoms in total. The van der Waals surface area contributed by atoms with Crippen LogP contribution in [0, 0.1) is 11.3 Å². The molecule has 4 N–H and O–H groups in total. The van der Waals surface area contributed by atoms with Crippen LogP contribution in [0.2, 0.25) is 0 Å². The number of hydrogen-bond acceptors (Lipinski definition) is 9. The van der Waals surface area contributed by atoms with Crippen LogP contribution in [0.15, 0.2) is 91.1 Å². The number of ether oxygens (including phenoxy) is 2. The predicted octanol–water partition coefficient (Wildman–Crippen LogP) is 5.29. The van der Waals surface area contributed by atoms with Crippen molar-refractivity contribution in [3.8, 4) is 5.75 Å². The van der Waals surface area contributed by atoms with Gasteiger partial charge in [-0.2, -0.15) is 0 Å². The standard InChI is InChI=1S/C45H59N7O7/c1-8-30(2)39(52-23-22-50(44(52)57)27-33-24-34-16-12-13-17-36(34)46-26-33)41(54)47-37(25-31-14-10-9-11-15-31)38(53)29-51(28-32-18-20-35(58-6)21-19-32)49-42(55)40(45(3,4)5)48-43(56)59-7/h9-21,24,26,30,37-40,53H,8,22-23,25,27-29H2,1-7H3,(H,47,54)(H,48,56)(H,49,55)/t30-,37-,38-,39-,40+/m0/s1. The van der Waals surface area contributed by atoms with E-state index in [-0.39, 0.29) is 37.4 Å². The molecule has 4 aromatic rings. The summed E-state index contributed by atoms with van der Waals surface area (Å²) < 4.78 is 10.1. The summed E-state index contributed by atoms with van der Waals surface area (Å²) in [5.41, 5.74) is 5.69. The van der Waals surface area contributed by atoms with Crippen molar-refractivity contribution in [3.63, 3.8) is 0 Å². The molecule has 14 heteroatoms. The van der Waals surface area contributed by atoms with Crippen LogP contribution >= 0.6 is 0 Å². The molecule has 0 unspecified atom stereocenters. The molecule has 1 aromatic heterocycles. The number of benzene rings is 3. The Morgan fingerprint density at radius 2 is 1.59 bits per heavy atom. The second kappa shape index (κ2) is 20.3. The van der Waals surface area contributed by atoms with Crippen LogP contribution in [0.25, 0.3) is 10.9 Å². The Hall–Kier alpha value is -5.73.